The molecule has 0 bridgehead atoms. The molecule has 0 aliphatic carbocycles. The van der Waals surface area contributed by atoms with Crippen molar-refractivity contribution < 1.29 is 4.74 Å². The molecule has 3 nitrogen and oxygen atoms in total. The van der Waals surface area contributed by atoms with E-state index in [0.29, 0.717) is 11.8 Å². The van der Waals surface area contributed by atoms with E-state index in [9.17, 15) is 0 Å². The van der Waals surface area contributed by atoms with Crippen LogP contribution in [0.15, 0.2) is 41.0 Å². The second-order valence-electron chi connectivity index (χ2n) is 5.13. The van der Waals surface area contributed by atoms with E-state index in [4.69, 9.17) is 10.5 Å². The summed E-state index contributed by atoms with van der Waals surface area (Å²) in [5.74, 6) is 1.76. The standard InChI is InChI=1S/C16H19BrN2O/c1-10(2)14-9-12(17)6-7-15(14)20-16-13(11(3)18)5-4-8-19-16/h4-11H,18H2,1-3H3/t11-/m1/s1. The molecule has 0 unspecified atom stereocenters. The van der Waals surface area contributed by atoms with E-state index < -0.39 is 0 Å². The monoisotopic (exact) mass is 334 g/mol. The van der Waals surface area contributed by atoms with Crippen molar-refractivity contribution in [3.63, 3.8) is 0 Å². The summed E-state index contributed by atoms with van der Waals surface area (Å²) in [6.45, 7) is 6.20. The SMILES string of the molecule is CC(C)c1cc(Br)ccc1Oc1ncccc1[C@@H](C)N. The lowest BCUT2D eigenvalue weighted by Crippen LogP contribution is -2.08. The maximum Gasteiger partial charge on any atom is 0.223 e. The first kappa shape index (κ1) is 15.0. The van der Waals surface area contributed by atoms with Crippen LogP contribution in [-0.2, 0) is 0 Å². The maximum atomic E-state index is 6.01. The molecule has 0 spiro atoms. The zero-order valence-corrected chi connectivity index (χ0v) is 13.5. The Morgan fingerprint density at radius 2 is 1.90 bits per heavy atom. The Labute approximate surface area is 128 Å². The quantitative estimate of drug-likeness (QED) is 0.875. The van der Waals surface area contributed by atoms with Gasteiger partial charge in [-0.05, 0) is 42.7 Å². The molecule has 2 N–H and O–H groups in total. The van der Waals surface area contributed by atoms with E-state index >= 15 is 0 Å². The maximum absolute atomic E-state index is 6.01. The highest BCUT2D eigenvalue weighted by molar-refractivity contribution is 9.10. The van der Waals surface area contributed by atoms with Crippen LogP contribution in [0.25, 0.3) is 0 Å². The van der Waals surface area contributed by atoms with Gasteiger partial charge in [-0.25, -0.2) is 4.98 Å². The van der Waals surface area contributed by atoms with Crippen molar-refractivity contribution in [3.8, 4) is 11.6 Å². The number of nitrogens with zero attached hydrogens (tertiary/aromatic N) is 1. The zero-order valence-electron chi connectivity index (χ0n) is 11.9. The van der Waals surface area contributed by atoms with Crippen LogP contribution in [0.2, 0.25) is 0 Å². The Kier molecular flexibility index (Phi) is 4.78. The van der Waals surface area contributed by atoms with Crippen molar-refractivity contribution in [2.24, 2.45) is 5.73 Å². The number of aromatic nitrogens is 1. The van der Waals surface area contributed by atoms with E-state index in [1.165, 1.54) is 0 Å². The van der Waals surface area contributed by atoms with Gasteiger partial charge in [0, 0.05) is 22.3 Å². The molecule has 0 amide bonds. The molecule has 1 aromatic heterocycles. The topological polar surface area (TPSA) is 48.1 Å². The largest absolute Gasteiger partial charge is 0.438 e. The van der Waals surface area contributed by atoms with Crippen LogP contribution in [0.1, 0.15) is 43.9 Å². The Morgan fingerprint density at radius 1 is 1.15 bits per heavy atom. The summed E-state index contributed by atoms with van der Waals surface area (Å²) in [5.41, 5.74) is 8.01. The molecular formula is C16H19BrN2O. The summed E-state index contributed by atoms with van der Waals surface area (Å²) in [7, 11) is 0. The lowest BCUT2D eigenvalue weighted by molar-refractivity contribution is 0.444. The van der Waals surface area contributed by atoms with Crippen molar-refractivity contribution in [2.45, 2.75) is 32.7 Å². The number of pyridine rings is 1. The molecular weight excluding hydrogens is 316 g/mol. The van der Waals surface area contributed by atoms with Gasteiger partial charge >= 0.3 is 0 Å². The third-order valence-corrected chi connectivity index (χ3v) is 3.58. The number of benzene rings is 1. The van der Waals surface area contributed by atoms with Crippen molar-refractivity contribution >= 4 is 15.9 Å². The van der Waals surface area contributed by atoms with Gasteiger partial charge in [0.15, 0.2) is 0 Å². The van der Waals surface area contributed by atoms with Gasteiger partial charge in [0.1, 0.15) is 5.75 Å². The molecule has 0 saturated carbocycles. The lowest BCUT2D eigenvalue weighted by Gasteiger charge is -2.16. The minimum absolute atomic E-state index is 0.114. The van der Waals surface area contributed by atoms with Crippen molar-refractivity contribution in [2.75, 3.05) is 0 Å². The number of nitrogens with two attached hydrogens (primary N) is 1. The van der Waals surface area contributed by atoms with Crippen molar-refractivity contribution in [3.05, 3.63) is 52.1 Å². The van der Waals surface area contributed by atoms with Crippen molar-refractivity contribution in [1.29, 1.82) is 0 Å². The Balaban J connectivity index is 2.40. The minimum atomic E-state index is -0.114. The molecule has 106 valence electrons. The average Bonchev–Trinajstić information content (AvgIpc) is 2.41. The molecule has 2 rings (SSSR count). The third kappa shape index (κ3) is 3.38. The van der Waals surface area contributed by atoms with Crippen LogP contribution in [0.4, 0.5) is 0 Å². The van der Waals surface area contributed by atoms with Gasteiger partial charge in [-0.1, -0.05) is 35.8 Å². The van der Waals surface area contributed by atoms with Gasteiger partial charge in [-0.15, -0.1) is 0 Å². The van der Waals surface area contributed by atoms with E-state index in [1.54, 1.807) is 6.20 Å². The first-order valence-corrected chi connectivity index (χ1v) is 7.46. The summed E-state index contributed by atoms with van der Waals surface area (Å²) in [4.78, 5) is 4.30. The molecule has 0 radical (unpaired) electrons. The van der Waals surface area contributed by atoms with Gasteiger partial charge in [-0.2, -0.15) is 0 Å². The first-order chi connectivity index (χ1) is 9.49. The molecule has 20 heavy (non-hydrogen) atoms. The van der Waals surface area contributed by atoms with Crippen LogP contribution < -0.4 is 10.5 Å². The lowest BCUT2D eigenvalue weighted by atomic mass is 10.0. The molecule has 0 aliphatic heterocycles. The third-order valence-electron chi connectivity index (χ3n) is 3.09. The molecule has 4 heteroatoms. The normalized spacial score (nSPS) is 12.5. The number of rotatable bonds is 4. The summed E-state index contributed by atoms with van der Waals surface area (Å²) < 4.78 is 7.05. The highest BCUT2D eigenvalue weighted by Gasteiger charge is 2.14. The predicted molar refractivity (Wildman–Crippen MR) is 85.1 cm³/mol. The molecule has 0 aliphatic rings. The molecule has 0 saturated heterocycles. The molecule has 1 atom stereocenters. The first-order valence-electron chi connectivity index (χ1n) is 6.67. The number of hydrogen-bond acceptors (Lipinski definition) is 3. The molecule has 2 aromatic rings. The smallest absolute Gasteiger partial charge is 0.223 e. The van der Waals surface area contributed by atoms with E-state index in [1.807, 2.05) is 31.2 Å². The second-order valence-corrected chi connectivity index (χ2v) is 6.04. The van der Waals surface area contributed by atoms with E-state index in [-0.39, 0.29) is 6.04 Å². The number of halogens is 1. The van der Waals surface area contributed by atoms with Crippen LogP contribution in [0.3, 0.4) is 0 Å². The number of ether oxygens (including phenoxy) is 1. The van der Waals surface area contributed by atoms with Crippen LogP contribution in [-0.4, -0.2) is 4.98 Å². The van der Waals surface area contributed by atoms with E-state index in [0.717, 1.165) is 21.3 Å². The van der Waals surface area contributed by atoms with Gasteiger partial charge in [0.2, 0.25) is 5.88 Å². The number of hydrogen-bond donors (Lipinski definition) is 1. The molecule has 0 fully saturated rings. The Bertz CT molecular complexity index is 597. The predicted octanol–water partition coefficient (Wildman–Crippen LogP) is 4.78. The fraction of sp³-hybridized carbons (Fsp3) is 0.312. The fourth-order valence-electron chi connectivity index (χ4n) is 2.00. The summed E-state index contributed by atoms with van der Waals surface area (Å²) in [5, 5.41) is 0. The summed E-state index contributed by atoms with van der Waals surface area (Å²) in [6, 6.07) is 9.71. The van der Waals surface area contributed by atoms with Gasteiger partial charge in [0.25, 0.3) is 0 Å². The van der Waals surface area contributed by atoms with Gasteiger partial charge in [-0.3, -0.25) is 0 Å². The fourth-order valence-corrected chi connectivity index (χ4v) is 2.38. The van der Waals surface area contributed by atoms with Gasteiger partial charge in [0.05, 0.1) is 0 Å². The van der Waals surface area contributed by atoms with Crippen molar-refractivity contribution in [1.82, 2.24) is 4.98 Å². The molecule has 1 aromatic carbocycles. The van der Waals surface area contributed by atoms with Crippen LogP contribution in [0.5, 0.6) is 11.6 Å². The minimum Gasteiger partial charge on any atom is -0.438 e. The second kappa shape index (κ2) is 6.37. The van der Waals surface area contributed by atoms with Crippen LogP contribution >= 0.6 is 15.9 Å². The molecule has 1 heterocycles. The Hall–Kier alpha value is -1.39. The zero-order chi connectivity index (χ0) is 14.7. The average molecular weight is 335 g/mol. The Morgan fingerprint density at radius 3 is 2.55 bits per heavy atom. The van der Waals surface area contributed by atoms with Gasteiger partial charge < -0.3 is 10.5 Å². The highest BCUT2D eigenvalue weighted by atomic mass is 79.9. The summed E-state index contributed by atoms with van der Waals surface area (Å²) >= 11 is 3.50. The van der Waals surface area contributed by atoms with Crippen LogP contribution in [0, 0.1) is 0 Å². The highest BCUT2D eigenvalue weighted by Crippen LogP contribution is 2.34. The van der Waals surface area contributed by atoms with E-state index in [2.05, 4.69) is 40.8 Å². The summed E-state index contributed by atoms with van der Waals surface area (Å²) in [6.07, 6.45) is 1.72.